The summed E-state index contributed by atoms with van der Waals surface area (Å²) in [6.45, 7) is 2.12. The molecular formula is C16H20N2O3S. The van der Waals surface area contributed by atoms with Crippen molar-refractivity contribution in [3.63, 3.8) is 0 Å². The highest BCUT2D eigenvalue weighted by Crippen LogP contribution is 2.33. The maximum Gasteiger partial charge on any atom is 0.220 e. The summed E-state index contributed by atoms with van der Waals surface area (Å²) in [5, 5.41) is 10.2. The third kappa shape index (κ3) is 4.11. The van der Waals surface area contributed by atoms with Gasteiger partial charge in [0.2, 0.25) is 11.8 Å². The number of ether oxygens (including phenoxy) is 2. The summed E-state index contributed by atoms with van der Waals surface area (Å²) in [5.74, 6) is 1.05. The molecule has 0 amide bonds. The number of aromatic nitrogens is 2. The quantitative estimate of drug-likeness (QED) is 0.625. The summed E-state index contributed by atoms with van der Waals surface area (Å²) in [7, 11) is 3.10. The summed E-state index contributed by atoms with van der Waals surface area (Å²) in [5.41, 5.74) is 1.17. The van der Waals surface area contributed by atoms with E-state index in [0.29, 0.717) is 16.9 Å². The van der Waals surface area contributed by atoms with Gasteiger partial charge in [0.25, 0.3) is 0 Å². The predicted molar refractivity (Wildman–Crippen MR) is 86.7 cm³/mol. The Morgan fingerprint density at radius 1 is 1.09 bits per heavy atom. The number of nitrogens with zero attached hydrogens (tertiary/aromatic N) is 2. The van der Waals surface area contributed by atoms with Crippen molar-refractivity contribution in [2.24, 2.45) is 0 Å². The highest BCUT2D eigenvalue weighted by atomic mass is 32.2. The van der Waals surface area contributed by atoms with Crippen LogP contribution < -0.4 is 9.47 Å². The van der Waals surface area contributed by atoms with Gasteiger partial charge >= 0.3 is 0 Å². The van der Waals surface area contributed by atoms with Crippen molar-refractivity contribution in [3.05, 3.63) is 42.0 Å². The first-order chi connectivity index (χ1) is 10.7. The first-order valence-corrected chi connectivity index (χ1v) is 7.85. The number of rotatable bonds is 7. The van der Waals surface area contributed by atoms with Crippen molar-refractivity contribution in [2.45, 2.75) is 23.2 Å². The topological polar surface area (TPSA) is 64.5 Å². The average Bonchev–Trinajstić information content (AvgIpc) is 2.59. The van der Waals surface area contributed by atoms with Crippen LogP contribution in [0.4, 0.5) is 0 Å². The van der Waals surface area contributed by atoms with Crippen LogP contribution in [0.5, 0.6) is 11.8 Å². The van der Waals surface area contributed by atoms with E-state index in [-0.39, 0.29) is 17.8 Å². The number of thioether (sulfide) groups is 1. The molecule has 0 aliphatic heterocycles. The van der Waals surface area contributed by atoms with E-state index in [0.717, 1.165) is 0 Å². The molecule has 5 nitrogen and oxygen atoms in total. The van der Waals surface area contributed by atoms with Crippen LogP contribution in [0.25, 0.3) is 0 Å². The molecule has 0 aliphatic rings. The molecular weight excluding hydrogens is 300 g/mol. The van der Waals surface area contributed by atoms with Gasteiger partial charge in [0.15, 0.2) is 5.16 Å². The normalized spacial score (nSPS) is 13.5. The van der Waals surface area contributed by atoms with Gasteiger partial charge in [-0.2, -0.15) is 9.97 Å². The molecule has 2 atom stereocenters. The van der Waals surface area contributed by atoms with Gasteiger partial charge in [-0.25, -0.2) is 0 Å². The summed E-state index contributed by atoms with van der Waals surface area (Å²) in [6, 6.07) is 11.7. The van der Waals surface area contributed by atoms with Crippen molar-refractivity contribution < 1.29 is 14.6 Å². The van der Waals surface area contributed by atoms with Gasteiger partial charge < -0.3 is 14.6 Å². The Balaban J connectivity index is 2.19. The van der Waals surface area contributed by atoms with Crippen LogP contribution in [0, 0.1) is 0 Å². The third-order valence-electron chi connectivity index (χ3n) is 3.40. The van der Waals surface area contributed by atoms with E-state index in [1.165, 1.54) is 17.3 Å². The fraction of sp³-hybridized carbons (Fsp3) is 0.375. The zero-order chi connectivity index (χ0) is 15.9. The minimum Gasteiger partial charge on any atom is -0.481 e. The first kappa shape index (κ1) is 16.6. The van der Waals surface area contributed by atoms with Crippen LogP contribution in [0.1, 0.15) is 18.4 Å². The molecule has 1 heterocycles. The van der Waals surface area contributed by atoms with Crippen molar-refractivity contribution in [2.75, 3.05) is 20.8 Å². The highest BCUT2D eigenvalue weighted by Gasteiger charge is 2.21. The van der Waals surface area contributed by atoms with Crippen molar-refractivity contribution in [1.82, 2.24) is 9.97 Å². The zero-order valence-electron chi connectivity index (χ0n) is 12.9. The van der Waals surface area contributed by atoms with Gasteiger partial charge in [-0.15, -0.1) is 0 Å². The molecule has 1 aromatic heterocycles. The molecule has 0 bridgehead atoms. The molecule has 6 heteroatoms. The summed E-state index contributed by atoms with van der Waals surface area (Å²) < 4.78 is 10.3. The van der Waals surface area contributed by atoms with Gasteiger partial charge in [0, 0.05) is 5.25 Å². The van der Waals surface area contributed by atoms with E-state index in [9.17, 15) is 5.11 Å². The lowest BCUT2D eigenvalue weighted by Crippen LogP contribution is -2.17. The fourth-order valence-corrected chi connectivity index (χ4v) is 3.04. The second kappa shape index (κ2) is 8.00. The average molecular weight is 320 g/mol. The minimum absolute atomic E-state index is 0.0314. The lowest BCUT2D eigenvalue weighted by molar-refractivity contribution is 0.284. The number of methoxy groups -OCH3 is 2. The Hall–Kier alpha value is -1.79. The maximum absolute atomic E-state index is 9.73. The smallest absolute Gasteiger partial charge is 0.220 e. The molecule has 0 radical (unpaired) electrons. The Kier molecular flexibility index (Phi) is 6.03. The first-order valence-electron chi connectivity index (χ1n) is 6.97. The third-order valence-corrected chi connectivity index (χ3v) is 4.65. The lowest BCUT2D eigenvalue weighted by atomic mass is 9.98. The van der Waals surface area contributed by atoms with E-state index in [1.54, 1.807) is 20.3 Å². The molecule has 22 heavy (non-hydrogen) atoms. The van der Waals surface area contributed by atoms with Crippen LogP contribution in [0.15, 0.2) is 41.6 Å². The summed E-state index contributed by atoms with van der Waals surface area (Å²) in [6.07, 6.45) is 0. The van der Waals surface area contributed by atoms with Crippen LogP contribution >= 0.6 is 11.8 Å². The molecule has 0 fully saturated rings. The number of hydrogen-bond acceptors (Lipinski definition) is 6. The SMILES string of the molecule is COc1cc(OC)nc(SC(CO)C(C)c2ccccc2)n1. The summed E-state index contributed by atoms with van der Waals surface area (Å²) in [4.78, 5) is 8.60. The van der Waals surface area contributed by atoms with Crippen molar-refractivity contribution in [1.29, 1.82) is 0 Å². The maximum atomic E-state index is 9.73. The zero-order valence-corrected chi connectivity index (χ0v) is 13.7. The second-order valence-electron chi connectivity index (χ2n) is 4.77. The monoisotopic (exact) mass is 320 g/mol. The van der Waals surface area contributed by atoms with Crippen LogP contribution in [-0.2, 0) is 0 Å². The van der Waals surface area contributed by atoms with Gasteiger partial charge in [-0.3, -0.25) is 0 Å². The fourth-order valence-electron chi connectivity index (χ4n) is 2.05. The van der Waals surface area contributed by atoms with Gasteiger partial charge in [-0.05, 0) is 11.5 Å². The lowest BCUT2D eigenvalue weighted by Gasteiger charge is -2.21. The molecule has 2 unspecified atom stereocenters. The van der Waals surface area contributed by atoms with Gasteiger partial charge in [0.1, 0.15) is 0 Å². The van der Waals surface area contributed by atoms with Gasteiger partial charge in [-0.1, -0.05) is 49.0 Å². The van der Waals surface area contributed by atoms with Crippen molar-refractivity contribution >= 4 is 11.8 Å². The van der Waals surface area contributed by atoms with E-state index in [4.69, 9.17) is 9.47 Å². The largest absolute Gasteiger partial charge is 0.481 e. The van der Waals surface area contributed by atoms with Crippen LogP contribution in [0.3, 0.4) is 0 Å². The molecule has 1 aromatic carbocycles. The Labute approximate surface area is 134 Å². The molecule has 0 saturated carbocycles. The minimum atomic E-state index is -0.0563. The molecule has 0 aliphatic carbocycles. The number of aliphatic hydroxyl groups excluding tert-OH is 1. The number of benzene rings is 1. The molecule has 2 aromatic rings. The van der Waals surface area contributed by atoms with Crippen LogP contribution in [-0.4, -0.2) is 41.2 Å². The molecule has 1 N–H and O–H groups in total. The molecule has 2 rings (SSSR count). The number of aliphatic hydroxyl groups is 1. The van der Waals surface area contributed by atoms with Crippen molar-refractivity contribution in [3.8, 4) is 11.8 Å². The Morgan fingerprint density at radius 3 is 2.18 bits per heavy atom. The van der Waals surface area contributed by atoms with Crippen LogP contribution in [0.2, 0.25) is 0 Å². The molecule has 118 valence electrons. The van der Waals surface area contributed by atoms with Gasteiger partial charge in [0.05, 0.1) is 26.9 Å². The predicted octanol–water partition coefficient (Wildman–Crippen LogP) is 2.75. The molecule has 0 saturated heterocycles. The van der Waals surface area contributed by atoms with E-state index in [2.05, 4.69) is 29.0 Å². The highest BCUT2D eigenvalue weighted by molar-refractivity contribution is 7.99. The molecule has 0 spiro atoms. The summed E-state index contributed by atoms with van der Waals surface area (Å²) >= 11 is 1.42. The number of hydrogen-bond donors (Lipinski definition) is 1. The van der Waals surface area contributed by atoms with E-state index < -0.39 is 0 Å². The van der Waals surface area contributed by atoms with E-state index in [1.807, 2.05) is 18.2 Å². The Morgan fingerprint density at radius 2 is 1.68 bits per heavy atom. The van der Waals surface area contributed by atoms with E-state index >= 15 is 0 Å². The Bertz CT molecular complexity index is 573. The standard InChI is InChI=1S/C16H20N2O3S/c1-11(12-7-5-4-6-8-12)13(10-19)22-16-17-14(20-2)9-15(18-16)21-3/h4-9,11,13,19H,10H2,1-3H3. The second-order valence-corrected chi connectivity index (χ2v) is 5.98.